The van der Waals surface area contributed by atoms with Crippen LogP contribution in [0.25, 0.3) is 0 Å². The smallest absolute Gasteiger partial charge is 0.170 e. The van der Waals surface area contributed by atoms with Gasteiger partial charge < -0.3 is 24.4 Å². The van der Waals surface area contributed by atoms with Gasteiger partial charge in [-0.25, -0.2) is 0 Å². The van der Waals surface area contributed by atoms with Gasteiger partial charge in [-0.05, 0) is 50.6 Å². The van der Waals surface area contributed by atoms with Crippen LogP contribution in [0.5, 0.6) is 0 Å². The first-order chi connectivity index (χ1) is 12.6. The third kappa shape index (κ3) is 4.06. The molecule has 6 nitrogen and oxygen atoms in total. The maximum Gasteiger partial charge on any atom is 0.170 e. The van der Waals surface area contributed by atoms with Gasteiger partial charge in [0.1, 0.15) is 0 Å². The fraction of sp³-hybridized carbons (Fsp3) is 0.474. The number of nitrogens with zero attached hydrogens (tertiary/aromatic N) is 4. The number of aromatic nitrogens is 2. The molecule has 140 valence electrons. The molecule has 2 aromatic heterocycles. The Morgan fingerprint density at radius 3 is 2.77 bits per heavy atom. The maximum atomic E-state index is 5.69. The second-order valence-corrected chi connectivity index (χ2v) is 7.13. The number of hydrogen-bond acceptors (Lipinski definition) is 4. The van der Waals surface area contributed by atoms with Crippen molar-refractivity contribution in [3.05, 3.63) is 54.1 Å². The maximum absolute atomic E-state index is 5.69. The molecule has 2 atom stereocenters. The average Bonchev–Trinajstić information content (AvgIpc) is 3.22. The number of hydrogen-bond donors (Lipinski definition) is 1. The van der Waals surface area contributed by atoms with E-state index in [-0.39, 0.29) is 12.1 Å². The summed E-state index contributed by atoms with van der Waals surface area (Å²) in [6.45, 7) is 3.30. The van der Waals surface area contributed by atoms with Gasteiger partial charge in [0, 0.05) is 44.8 Å². The lowest BCUT2D eigenvalue weighted by Crippen LogP contribution is -2.36. The highest BCUT2D eigenvalue weighted by atomic mass is 32.1. The minimum Gasteiger partial charge on any atom is -0.383 e. The molecular weight excluding hydrogens is 346 g/mol. The van der Waals surface area contributed by atoms with Gasteiger partial charge in [-0.15, -0.1) is 0 Å². The van der Waals surface area contributed by atoms with E-state index in [1.807, 2.05) is 18.3 Å². The predicted molar refractivity (Wildman–Crippen MR) is 107 cm³/mol. The second kappa shape index (κ2) is 8.62. The molecule has 0 radical (unpaired) electrons. The van der Waals surface area contributed by atoms with Crippen LogP contribution in [-0.2, 0) is 11.3 Å². The zero-order valence-electron chi connectivity index (χ0n) is 15.6. The van der Waals surface area contributed by atoms with Gasteiger partial charge in [0.25, 0.3) is 0 Å². The van der Waals surface area contributed by atoms with Crippen molar-refractivity contribution in [3.8, 4) is 0 Å². The molecular formula is C19H27N5OS. The molecule has 2 aromatic rings. The molecule has 3 rings (SSSR count). The summed E-state index contributed by atoms with van der Waals surface area (Å²) in [5.74, 6) is 0. The summed E-state index contributed by atoms with van der Waals surface area (Å²) in [6.07, 6.45) is 3.94. The van der Waals surface area contributed by atoms with Crippen molar-refractivity contribution < 1.29 is 4.74 Å². The molecule has 1 aliphatic rings. The second-order valence-electron chi connectivity index (χ2n) is 6.74. The third-order valence-electron chi connectivity index (χ3n) is 4.69. The van der Waals surface area contributed by atoms with Gasteiger partial charge in [0.2, 0.25) is 0 Å². The van der Waals surface area contributed by atoms with Gasteiger partial charge in [-0.3, -0.25) is 4.98 Å². The molecule has 1 saturated heterocycles. The minimum atomic E-state index is 0.0297. The zero-order chi connectivity index (χ0) is 18.5. The van der Waals surface area contributed by atoms with Crippen molar-refractivity contribution in [3.63, 3.8) is 0 Å². The van der Waals surface area contributed by atoms with E-state index >= 15 is 0 Å². The number of pyridine rings is 1. The van der Waals surface area contributed by atoms with Crippen LogP contribution in [0.4, 0.5) is 0 Å². The van der Waals surface area contributed by atoms with Crippen molar-refractivity contribution >= 4 is 17.3 Å². The Labute approximate surface area is 160 Å². The van der Waals surface area contributed by atoms with Gasteiger partial charge in [-0.2, -0.15) is 0 Å². The van der Waals surface area contributed by atoms with Crippen molar-refractivity contribution in [1.82, 2.24) is 24.7 Å². The molecule has 0 unspecified atom stereocenters. The standard InChI is InChI=1S/C19H27N5OS/c1-22(2)11-12-24-18(16-8-6-10-23(16)13-14-25-3)17(21-19(24)26)15-7-4-5-9-20-15/h4-10,17-18H,11-14H2,1-3H3,(H,21,26)/t17-,18-/m0/s1. The van der Waals surface area contributed by atoms with Gasteiger partial charge in [0.05, 0.1) is 24.4 Å². The van der Waals surface area contributed by atoms with Crippen molar-refractivity contribution in [2.75, 3.05) is 40.9 Å². The van der Waals surface area contributed by atoms with Crippen molar-refractivity contribution in [2.24, 2.45) is 0 Å². The molecule has 1 N–H and O–H groups in total. The number of methoxy groups -OCH3 is 1. The molecule has 0 amide bonds. The van der Waals surface area contributed by atoms with Crippen molar-refractivity contribution in [2.45, 2.75) is 18.6 Å². The average molecular weight is 374 g/mol. The van der Waals surface area contributed by atoms with E-state index in [2.05, 4.69) is 63.2 Å². The Morgan fingerprint density at radius 2 is 2.08 bits per heavy atom. The predicted octanol–water partition coefficient (Wildman–Crippen LogP) is 2.06. The lowest BCUT2D eigenvalue weighted by molar-refractivity contribution is 0.183. The first-order valence-corrected chi connectivity index (χ1v) is 9.29. The van der Waals surface area contributed by atoms with E-state index in [0.717, 1.165) is 30.4 Å². The van der Waals surface area contributed by atoms with E-state index in [0.29, 0.717) is 6.61 Å². The Hall–Kier alpha value is -1.96. The van der Waals surface area contributed by atoms with Crippen LogP contribution in [0.15, 0.2) is 42.7 Å². The Bertz CT molecular complexity index is 718. The third-order valence-corrected chi connectivity index (χ3v) is 5.04. The van der Waals surface area contributed by atoms with Crippen LogP contribution < -0.4 is 5.32 Å². The summed E-state index contributed by atoms with van der Waals surface area (Å²) in [5, 5.41) is 4.28. The summed E-state index contributed by atoms with van der Waals surface area (Å²) in [7, 11) is 5.90. The van der Waals surface area contributed by atoms with Crippen LogP contribution in [-0.4, -0.2) is 65.4 Å². The summed E-state index contributed by atoms with van der Waals surface area (Å²) in [4.78, 5) is 9.05. The van der Waals surface area contributed by atoms with Crippen LogP contribution >= 0.6 is 12.2 Å². The molecule has 1 fully saturated rings. The van der Waals surface area contributed by atoms with Crippen LogP contribution in [0.1, 0.15) is 23.5 Å². The first kappa shape index (κ1) is 18.8. The van der Waals surface area contributed by atoms with E-state index in [4.69, 9.17) is 17.0 Å². The first-order valence-electron chi connectivity index (χ1n) is 8.88. The van der Waals surface area contributed by atoms with E-state index in [1.165, 1.54) is 5.69 Å². The lowest BCUT2D eigenvalue weighted by Gasteiger charge is -2.29. The fourth-order valence-electron chi connectivity index (χ4n) is 3.36. The van der Waals surface area contributed by atoms with Crippen LogP contribution in [0.2, 0.25) is 0 Å². The minimum absolute atomic E-state index is 0.0297. The lowest BCUT2D eigenvalue weighted by atomic mass is 10.0. The summed E-state index contributed by atoms with van der Waals surface area (Å²) in [6, 6.07) is 10.4. The SMILES string of the molecule is COCCn1cccc1[C@H]1[C@H](c2ccccn2)NC(=S)N1CCN(C)C. The molecule has 0 aromatic carbocycles. The van der Waals surface area contributed by atoms with Crippen LogP contribution in [0.3, 0.4) is 0 Å². The van der Waals surface area contributed by atoms with Gasteiger partial charge in [-0.1, -0.05) is 6.07 Å². The molecule has 1 aliphatic heterocycles. The molecule has 7 heteroatoms. The zero-order valence-corrected chi connectivity index (χ0v) is 16.4. The Morgan fingerprint density at radius 1 is 1.23 bits per heavy atom. The van der Waals surface area contributed by atoms with Crippen molar-refractivity contribution in [1.29, 1.82) is 0 Å². The normalized spacial score (nSPS) is 20.0. The molecule has 0 bridgehead atoms. The molecule has 0 spiro atoms. The summed E-state index contributed by atoms with van der Waals surface area (Å²) >= 11 is 5.69. The van der Waals surface area contributed by atoms with Gasteiger partial charge in [0.15, 0.2) is 5.11 Å². The quantitative estimate of drug-likeness (QED) is 0.715. The molecule has 3 heterocycles. The fourth-order valence-corrected chi connectivity index (χ4v) is 3.70. The van der Waals surface area contributed by atoms with Crippen LogP contribution in [0, 0.1) is 0 Å². The largest absolute Gasteiger partial charge is 0.383 e. The number of likely N-dealkylation sites (N-methyl/N-ethyl adjacent to an activating group) is 1. The highest BCUT2D eigenvalue weighted by Crippen LogP contribution is 2.38. The topological polar surface area (TPSA) is 45.6 Å². The molecule has 0 aliphatic carbocycles. The van der Waals surface area contributed by atoms with E-state index < -0.39 is 0 Å². The van der Waals surface area contributed by atoms with E-state index in [9.17, 15) is 0 Å². The highest BCUT2D eigenvalue weighted by Gasteiger charge is 2.40. The number of ether oxygens (including phenoxy) is 1. The molecule has 26 heavy (non-hydrogen) atoms. The number of rotatable bonds is 8. The summed E-state index contributed by atoms with van der Waals surface area (Å²) < 4.78 is 7.53. The monoisotopic (exact) mass is 373 g/mol. The Balaban J connectivity index is 1.95. The summed E-state index contributed by atoms with van der Waals surface area (Å²) in [5.41, 5.74) is 2.23. The molecule has 0 saturated carbocycles. The van der Waals surface area contributed by atoms with Gasteiger partial charge >= 0.3 is 0 Å². The highest BCUT2D eigenvalue weighted by molar-refractivity contribution is 7.80. The Kier molecular flexibility index (Phi) is 6.24. The number of nitrogens with one attached hydrogen (secondary N) is 1. The van der Waals surface area contributed by atoms with E-state index in [1.54, 1.807) is 7.11 Å². The number of thiocarbonyl (C=S) groups is 1.